The Kier molecular flexibility index (Phi) is 3.75. The van der Waals surface area contributed by atoms with Gasteiger partial charge < -0.3 is 19.9 Å². The number of hydrogen-bond acceptors (Lipinski definition) is 4. The van der Waals surface area contributed by atoms with Crippen LogP contribution in [-0.2, 0) is 9.47 Å². The summed E-state index contributed by atoms with van der Waals surface area (Å²) in [5.41, 5.74) is 0. The average Bonchev–Trinajstić information content (AvgIpc) is 2.44. The van der Waals surface area contributed by atoms with Gasteiger partial charge >= 0.3 is 0 Å². The highest BCUT2D eigenvalue weighted by Gasteiger charge is 2.27. The standard InChI is InChI=1S/C10H19NO3/c12-10-3-1-2-9(10)11-8-6-13-4-5-14-7-8/h8-12H,1-7H2. The van der Waals surface area contributed by atoms with Gasteiger partial charge in [0, 0.05) is 6.04 Å². The summed E-state index contributed by atoms with van der Waals surface area (Å²) in [4.78, 5) is 0. The van der Waals surface area contributed by atoms with E-state index in [0.717, 1.165) is 19.3 Å². The molecule has 1 aliphatic carbocycles. The van der Waals surface area contributed by atoms with Crippen molar-refractivity contribution in [2.75, 3.05) is 26.4 Å². The minimum atomic E-state index is -0.182. The summed E-state index contributed by atoms with van der Waals surface area (Å²) in [6.45, 7) is 2.77. The van der Waals surface area contributed by atoms with Gasteiger partial charge in [0.2, 0.25) is 0 Å². The molecule has 0 amide bonds. The Morgan fingerprint density at radius 2 is 1.79 bits per heavy atom. The van der Waals surface area contributed by atoms with E-state index in [1.54, 1.807) is 0 Å². The third-order valence-electron chi connectivity index (χ3n) is 2.94. The maximum absolute atomic E-state index is 9.65. The second-order valence-electron chi connectivity index (χ2n) is 4.12. The molecule has 0 spiro atoms. The average molecular weight is 201 g/mol. The molecule has 1 saturated heterocycles. The molecule has 2 aliphatic rings. The molecule has 4 heteroatoms. The first kappa shape index (κ1) is 10.4. The molecule has 1 aliphatic heterocycles. The Morgan fingerprint density at radius 3 is 2.36 bits per heavy atom. The maximum atomic E-state index is 9.65. The molecule has 1 heterocycles. The number of aliphatic hydroxyl groups excluding tert-OH is 1. The molecule has 2 fully saturated rings. The molecule has 0 aromatic carbocycles. The SMILES string of the molecule is OC1CCCC1NC1COCCOC1. The summed E-state index contributed by atoms with van der Waals surface area (Å²) in [7, 11) is 0. The van der Waals surface area contributed by atoms with Crippen molar-refractivity contribution in [2.24, 2.45) is 0 Å². The van der Waals surface area contributed by atoms with Crippen molar-refractivity contribution in [3.8, 4) is 0 Å². The van der Waals surface area contributed by atoms with Crippen LogP contribution in [0, 0.1) is 0 Å². The van der Waals surface area contributed by atoms with Crippen LogP contribution in [0.25, 0.3) is 0 Å². The van der Waals surface area contributed by atoms with Crippen LogP contribution in [0.1, 0.15) is 19.3 Å². The van der Waals surface area contributed by atoms with Gasteiger partial charge in [0.15, 0.2) is 0 Å². The van der Waals surface area contributed by atoms with Gasteiger partial charge in [-0.1, -0.05) is 0 Å². The molecule has 0 radical (unpaired) electrons. The first-order valence-corrected chi connectivity index (χ1v) is 5.46. The zero-order valence-corrected chi connectivity index (χ0v) is 8.45. The highest BCUT2D eigenvalue weighted by Crippen LogP contribution is 2.19. The normalized spacial score (nSPS) is 35.8. The molecule has 0 bridgehead atoms. The summed E-state index contributed by atoms with van der Waals surface area (Å²) in [6.07, 6.45) is 2.93. The van der Waals surface area contributed by atoms with Gasteiger partial charge in [-0.05, 0) is 19.3 Å². The van der Waals surface area contributed by atoms with Crippen LogP contribution in [0.2, 0.25) is 0 Å². The van der Waals surface area contributed by atoms with E-state index in [9.17, 15) is 5.11 Å². The van der Waals surface area contributed by atoms with Crippen LogP contribution in [0.3, 0.4) is 0 Å². The Labute approximate surface area is 84.6 Å². The van der Waals surface area contributed by atoms with Gasteiger partial charge in [-0.2, -0.15) is 0 Å². The van der Waals surface area contributed by atoms with Crippen LogP contribution in [0.4, 0.5) is 0 Å². The minimum absolute atomic E-state index is 0.182. The van der Waals surface area contributed by atoms with Crippen LogP contribution in [0.15, 0.2) is 0 Å². The molecule has 0 aromatic heterocycles. The number of ether oxygens (including phenoxy) is 2. The van der Waals surface area contributed by atoms with Crippen LogP contribution < -0.4 is 5.32 Å². The number of aliphatic hydroxyl groups is 1. The Balaban J connectivity index is 1.77. The van der Waals surface area contributed by atoms with Gasteiger partial charge in [-0.3, -0.25) is 0 Å². The fourth-order valence-electron chi connectivity index (χ4n) is 2.15. The zero-order valence-electron chi connectivity index (χ0n) is 8.45. The Bertz CT molecular complexity index is 169. The smallest absolute Gasteiger partial charge is 0.0701 e. The van der Waals surface area contributed by atoms with E-state index in [1.807, 2.05) is 0 Å². The molecule has 2 rings (SSSR count). The van der Waals surface area contributed by atoms with Gasteiger partial charge in [-0.15, -0.1) is 0 Å². The quantitative estimate of drug-likeness (QED) is 0.655. The third-order valence-corrected chi connectivity index (χ3v) is 2.94. The lowest BCUT2D eigenvalue weighted by Crippen LogP contribution is -2.46. The van der Waals surface area contributed by atoms with Gasteiger partial charge in [0.05, 0.1) is 38.6 Å². The third kappa shape index (κ3) is 2.67. The molecule has 82 valence electrons. The number of nitrogens with one attached hydrogen (secondary N) is 1. The predicted molar refractivity (Wildman–Crippen MR) is 52.2 cm³/mol. The van der Waals surface area contributed by atoms with Gasteiger partial charge in [0.1, 0.15) is 0 Å². The van der Waals surface area contributed by atoms with E-state index < -0.39 is 0 Å². The highest BCUT2D eigenvalue weighted by molar-refractivity contribution is 4.85. The lowest BCUT2D eigenvalue weighted by Gasteiger charge is -2.22. The van der Waals surface area contributed by atoms with Crippen molar-refractivity contribution in [2.45, 2.75) is 37.5 Å². The predicted octanol–water partition coefficient (Wildman–Crippen LogP) is -0.0952. The largest absolute Gasteiger partial charge is 0.392 e. The molecule has 4 nitrogen and oxygen atoms in total. The van der Waals surface area contributed by atoms with Crippen molar-refractivity contribution in [1.29, 1.82) is 0 Å². The molecule has 2 atom stereocenters. The van der Waals surface area contributed by atoms with E-state index in [2.05, 4.69) is 5.32 Å². The molecule has 2 unspecified atom stereocenters. The summed E-state index contributed by atoms with van der Waals surface area (Å²) < 4.78 is 10.8. The summed E-state index contributed by atoms with van der Waals surface area (Å²) in [5, 5.41) is 13.1. The minimum Gasteiger partial charge on any atom is -0.392 e. The topological polar surface area (TPSA) is 50.7 Å². The first-order chi connectivity index (χ1) is 6.86. The molecular formula is C10H19NO3. The van der Waals surface area contributed by atoms with Crippen molar-refractivity contribution in [1.82, 2.24) is 5.32 Å². The van der Waals surface area contributed by atoms with Crippen molar-refractivity contribution in [3.05, 3.63) is 0 Å². The Hall–Kier alpha value is -0.160. The van der Waals surface area contributed by atoms with Crippen LogP contribution in [-0.4, -0.2) is 49.7 Å². The maximum Gasteiger partial charge on any atom is 0.0701 e. The van der Waals surface area contributed by atoms with Crippen LogP contribution in [0.5, 0.6) is 0 Å². The molecule has 1 saturated carbocycles. The Morgan fingerprint density at radius 1 is 1.07 bits per heavy atom. The summed E-state index contributed by atoms with van der Waals surface area (Å²) >= 11 is 0. The monoisotopic (exact) mass is 201 g/mol. The highest BCUT2D eigenvalue weighted by atomic mass is 16.5. The molecule has 0 aromatic rings. The second-order valence-corrected chi connectivity index (χ2v) is 4.12. The van der Waals surface area contributed by atoms with Gasteiger partial charge in [0.25, 0.3) is 0 Å². The molecular weight excluding hydrogens is 182 g/mol. The lowest BCUT2D eigenvalue weighted by molar-refractivity contribution is 0.103. The van der Waals surface area contributed by atoms with Crippen molar-refractivity contribution >= 4 is 0 Å². The molecule has 14 heavy (non-hydrogen) atoms. The fraction of sp³-hybridized carbons (Fsp3) is 1.00. The second kappa shape index (κ2) is 5.07. The van der Waals surface area contributed by atoms with E-state index in [0.29, 0.717) is 26.4 Å². The van der Waals surface area contributed by atoms with E-state index in [1.165, 1.54) is 0 Å². The summed E-state index contributed by atoms with van der Waals surface area (Å²) in [6, 6.07) is 0.487. The van der Waals surface area contributed by atoms with E-state index >= 15 is 0 Å². The first-order valence-electron chi connectivity index (χ1n) is 5.46. The van der Waals surface area contributed by atoms with Crippen molar-refractivity contribution in [3.63, 3.8) is 0 Å². The number of rotatable bonds is 2. The van der Waals surface area contributed by atoms with E-state index in [-0.39, 0.29) is 18.2 Å². The van der Waals surface area contributed by atoms with Crippen LogP contribution >= 0.6 is 0 Å². The van der Waals surface area contributed by atoms with E-state index in [4.69, 9.17) is 9.47 Å². The zero-order chi connectivity index (χ0) is 9.80. The molecule has 2 N–H and O–H groups in total. The van der Waals surface area contributed by atoms with Gasteiger partial charge in [-0.25, -0.2) is 0 Å². The van der Waals surface area contributed by atoms with Crippen molar-refractivity contribution < 1.29 is 14.6 Å². The fourth-order valence-corrected chi connectivity index (χ4v) is 2.15. The summed E-state index contributed by atoms with van der Waals surface area (Å²) in [5.74, 6) is 0. The lowest BCUT2D eigenvalue weighted by atomic mass is 10.2. The number of hydrogen-bond donors (Lipinski definition) is 2.